The van der Waals surface area contributed by atoms with E-state index in [1.54, 1.807) is 4.90 Å². The minimum atomic E-state index is -1.53. The van der Waals surface area contributed by atoms with Crippen LogP contribution in [0.4, 0.5) is 0 Å². The molecule has 7 nitrogen and oxygen atoms in total. The van der Waals surface area contributed by atoms with Gasteiger partial charge in [-0.3, -0.25) is 9.59 Å². The second-order valence-corrected chi connectivity index (χ2v) is 7.46. The van der Waals surface area contributed by atoms with Gasteiger partial charge in [-0.2, -0.15) is 0 Å². The number of amides is 2. The zero-order valence-corrected chi connectivity index (χ0v) is 15.4. The minimum absolute atomic E-state index is 0.0589. The van der Waals surface area contributed by atoms with Crippen LogP contribution in [0.15, 0.2) is 12.1 Å². The first-order chi connectivity index (χ1) is 12.3. The number of hydrogen-bond donors (Lipinski definition) is 3. The highest BCUT2D eigenvalue weighted by Crippen LogP contribution is 2.43. The number of piperazine rings is 1. The Morgan fingerprint density at radius 2 is 2.08 bits per heavy atom. The molecule has 0 radical (unpaired) electrons. The molecule has 1 aromatic carbocycles. The van der Waals surface area contributed by atoms with Crippen LogP contribution in [0.2, 0.25) is 10.0 Å². The number of hydrogen-bond acceptors (Lipinski definition) is 5. The molecule has 9 heteroatoms. The maximum Gasteiger partial charge on any atom is 0.254 e. The van der Waals surface area contributed by atoms with E-state index < -0.39 is 18.6 Å². The normalized spacial score (nSPS) is 24.4. The van der Waals surface area contributed by atoms with E-state index in [1.807, 2.05) is 0 Å². The average molecular weight is 403 g/mol. The number of carbonyl (C=O) groups excluding carboxylic acids is 2. The zero-order chi connectivity index (χ0) is 19.0. The topological polar surface area (TPSA) is 101 Å². The summed E-state index contributed by atoms with van der Waals surface area (Å²) < 4.78 is 0. The monoisotopic (exact) mass is 402 g/mol. The molecule has 1 aromatic rings. The van der Waals surface area contributed by atoms with E-state index in [1.165, 1.54) is 17.0 Å². The van der Waals surface area contributed by atoms with E-state index in [4.69, 9.17) is 28.3 Å². The number of aliphatic hydroxyl groups is 2. The fourth-order valence-corrected chi connectivity index (χ4v) is 4.27. The van der Waals surface area contributed by atoms with E-state index in [0.717, 1.165) is 0 Å². The van der Waals surface area contributed by atoms with Crippen LogP contribution in [0.3, 0.4) is 0 Å². The van der Waals surface area contributed by atoms with Crippen molar-refractivity contribution in [2.75, 3.05) is 26.2 Å². The molecule has 2 aliphatic rings. The molecule has 0 spiro atoms. The summed E-state index contributed by atoms with van der Waals surface area (Å²) in [7, 11) is 0. The van der Waals surface area contributed by atoms with Crippen molar-refractivity contribution >= 4 is 35.0 Å². The third-order valence-corrected chi connectivity index (χ3v) is 5.90. The van der Waals surface area contributed by atoms with Crippen molar-refractivity contribution in [1.82, 2.24) is 9.80 Å². The highest BCUT2D eigenvalue weighted by Gasteiger charge is 2.41. The Bertz CT molecular complexity index is 729. The molecule has 0 saturated carbocycles. The fourth-order valence-electron chi connectivity index (χ4n) is 3.79. The van der Waals surface area contributed by atoms with Gasteiger partial charge in [0, 0.05) is 24.7 Å². The van der Waals surface area contributed by atoms with Gasteiger partial charge in [0.05, 0.1) is 23.2 Å². The fraction of sp³-hybridized carbons (Fsp3) is 0.529. The van der Waals surface area contributed by atoms with Gasteiger partial charge in [0.1, 0.15) is 5.75 Å². The maximum absolute atomic E-state index is 12.4. The van der Waals surface area contributed by atoms with Gasteiger partial charge in [-0.05, 0) is 30.9 Å². The summed E-state index contributed by atoms with van der Waals surface area (Å²) in [4.78, 5) is 27.5. The Morgan fingerprint density at radius 1 is 1.35 bits per heavy atom. The molecule has 0 aliphatic carbocycles. The second kappa shape index (κ2) is 7.60. The van der Waals surface area contributed by atoms with Gasteiger partial charge in [-0.1, -0.05) is 23.2 Å². The predicted octanol–water partition coefficient (Wildman–Crippen LogP) is 0.969. The number of carbonyl (C=O) groups is 2. The lowest BCUT2D eigenvalue weighted by atomic mass is 9.83. The highest BCUT2D eigenvalue weighted by molar-refractivity contribution is 6.42. The Hall–Kier alpha value is -1.54. The molecule has 2 saturated heterocycles. The molecular formula is C17H20Cl2N2O5. The summed E-state index contributed by atoms with van der Waals surface area (Å²) in [6.07, 6.45) is -0.387. The number of benzene rings is 1. The molecular weight excluding hydrogens is 383 g/mol. The van der Waals surface area contributed by atoms with E-state index >= 15 is 0 Å². The lowest BCUT2D eigenvalue weighted by Gasteiger charge is -2.46. The predicted molar refractivity (Wildman–Crippen MR) is 95.3 cm³/mol. The summed E-state index contributed by atoms with van der Waals surface area (Å²) in [5.41, 5.74) is 0.560. The molecule has 2 aliphatic heterocycles. The van der Waals surface area contributed by atoms with Crippen LogP contribution in [0, 0.1) is 0 Å². The molecule has 3 N–H and O–H groups in total. The lowest BCUT2D eigenvalue weighted by molar-refractivity contribution is -0.155. The third kappa shape index (κ3) is 3.49. The number of halogens is 2. The Kier molecular flexibility index (Phi) is 5.62. The number of aliphatic hydroxyl groups excluding tert-OH is 2. The van der Waals surface area contributed by atoms with E-state index in [9.17, 15) is 19.8 Å². The first kappa shape index (κ1) is 19.2. The average Bonchev–Trinajstić information content (AvgIpc) is 2.63. The Balaban J connectivity index is 1.81. The molecule has 3 rings (SSSR count). The van der Waals surface area contributed by atoms with E-state index in [-0.39, 0.29) is 36.7 Å². The standard InChI is InChI=1S/C17H20Cl2N2O5/c18-11-1-2-12(23)15(16(11)19)9-3-4-21-10(5-9)6-20(7-14(21)25)17(26)13(24)8-22/h1-2,9-10,13,22-24H,3-8H2/t9-,10+,13+/m1/s1. The van der Waals surface area contributed by atoms with Crippen LogP contribution < -0.4 is 0 Å². The van der Waals surface area contributed by atoms with E-state index in [2.05, 4.69) is 0 Å². The molecule has 2 amide bonds. The molecule has 26 heavy (non-hydrogen) atoms. The molecule has 0 unspecified atom stereocenters. The number of phenols is 1. The summed E-state index contributed by atoms with van der Waals surface area (Å²) >= 11 is 12.3. The van der Waals surface area contributed by atoms with Gasteiger partial charge in [0.2, 0.25) is 5.91 Å². The van der Waals surface area contributed by atoms with Crippen LogP contribution in [0.5, 0.6) is 5.75 Å². The molecule has 3 atom stereocenters. The summed E-state index contributed by atoms with van der Waals surface area (Å²) in [6.45, 7) is -0.0507. The minimum Gasteiger partial charge on any atom is -0.508 e. The van der Waals surface area contributed by atoms with Gasteiger partial charge in [0.15, 0.2) is 6.10 Å². The Labute approximate surface area is 160 Å². The maximum atomic E-state index is 12.4. The third-order valence-electron chi connectivity index (χ3n) is 5.08. The number of fused-ring (bicyclic) bond motifs is 1. The van der Waals surface area contributed by atoms with Crippen molar-refractivity contribution in [1.29, 1.82) is 0 Å². The van der Waals surface area contributed by atoms with Gasteiger partial charge in [-0.15, -0.1) is 0 Å². The zero-order valence-electron chi connectivity index (χ0n) is 13.9. The van der Waals surface area contributed by atoms with Gasteiger partial charge in [-0.25, -0.2) is 0 Å². The smallest absolute Gasteiger partial charge is 0.254 e. The number of rotatable bonds is 3. The lowest BCUT2D eigenvalue weighted by Crippen LogP contribution is -2.61. The number of phenolic OH excluding ortho intramolecular Hbond substituents is 1. The largest absolute Gasteiger partial charge is 0.508 e. The van der Waals surface area contributed by atoms with Crippen LogP contribution in [-0.2, 0) is 9.59 Å². The molecule has 0 bridgehead atoms. The van der Waals surface area contributed by atoms with Crippen molar-refractivity contribution in [3.05, 3.63) is 27.7 Å². The number of nitrogens with zero attached hydrogens (tertiary/aromatic N) is 2. The second-order valence-electron chi connectivity index (χ2n) is 6.67. The van der Waals surface area contributed by atoms with Crippen LogP contribution >= 0.6 is 23.2 Å². The van der Waals surface area contributed by atoms with Crippen molar-refractivity contribution < 1.29 is 24.9 Å². The van der Waals surface area contributed by atoms with Crippen LogP contribution in [0.25, 0.3) is 0 Å². The van der Waals surface area contributed by atoms with Gasteiger partial charge >= 0.3 is 0 Å². The quantitative estimate of drug-likeness (QED) is 0.698. The van der Waals surface area contributed by atoms with Crippen LogP contribution in [-0.4, -0.2) is 75.3 Å². The molecule has 142 valence electrons. The highest BCUT2D eigenvalue weighted by atomic mass is 35.5. The summed E-state index contributed by atoms with van der Waals surface area (Å²) in [5, 5.41) is 29.4. The first-order valence-electron chi connectivity index (χ1n) is 8.37. The van der Waals surface area contributed by atoms with Crippen molar-refractivity contribution in [3.63, 3.8) is 0 Å². The summed E-state index contributed by atoms with van der Waals surface area (Å²) in [5.74, 6) is -0.900. The SMILES string of the molecule is O=C([C@@H](O)CO)N1CC(=O)N2CC[C@@H](c3c(O)ccc(Cl)c3Cl)C[C@H]2C1. The molecule has 2 heterocycles. The summed E-state index contributed by atoms with van der Waals surface area (Å²) in [6, 6.07) is 2.77. The van der Waals surface area contributed by atoms with Crippen molar-refractivity contribution in [3.8, 4) is 5.75 Å². The molecule has 2 fully saturated rings. The first-order valence-corrected chi connectivity index (χ1v) is 9.13. The van der Waals surface area contributed by atoms with Crippen molar-refractivity contribution in [2.24, 2.45) is 0 Å². The van der Waals surface area contributed by atoms with Crippen LogP contribution in [0.1, 0.15) is 24.3 Å². The number of aromatic hydroxyl groups is 1. The van der Waals surface area contributed by atoms with Crippen molar-refractivity contribution in [2.45, 2.75) is 30.9 Å². The van der Waals surface area contributed by atoms with E-state index in [0.29, 0.717) is 35.0 Å². The number of piperidine rings is 1. The van der Waals surface area contributed by atoms with Gasteiger partial charge < -0.3 is 25.1 Å². The Morgan fingerprint density at radius 3 is 2.77 bits per heavy atom. The van der Waals surface area contributed by atoms with Gasteiger partial charge in [0.25, 0.3) is 5.91 Å². The molecule has 0 aromatic heterocycles.